The van der Waals surface area contributed by atoms with Gasteiger partial charge in [0.25, 0.3) is 0 Å². The van der Waals surface area contributed by atoms with Gasteiger partial charge in [-0.3, -0.25) is 0 Å². The lowest BCUT2D eigenvalue weighted by Gasteiger charge is -2.04. The highest BCUT2D eigenvalue weighted by Crippen LogP contribution is 2.13. The van der Waals surface area contributed by atoms with Crippen molar-refractivity contribution in [3.63, 3.8) is 0 Å². The molecule has 0 amide bonds. The first-order valence-corrected chi connectivity index (χ1v) is 4.40. The van der Waals surface area contributed by atoms with Crippen molar-refractivity contribution in [3.8, 4) is 0 Å². The van der Waals surface area contributed by atoms with Crippen molar-refractivity contribution < 1.29 is 8.78 Å². The van der Waals surface area contributed by atoms with Crippen molar-refractivity contribution in [2.75, 3.05) is 11.9 Å². The Bertz CT molecular complexity index is 305. The highest BCUT2D eigenvalue weighted by Gasteiger charge is 1.99. The second-order valence-corrected chi connectivity index (χ2v) is 3.65. The molecule has 0 fully saturated rings. The van der Waals surface area contributed by atoms with Crippen molar-refractivity contribution in [2.24, 2.45) is 0 Å². The van der Waals surface area contributed by atoms with Gasteiger partial charge in [0.05, 0.1) is 0 Å². The Balaban J connectivity index is 2.71. The average molecular weight is 248 g/mol. The van der Waals surface area contributed by atoms with E-state index in [0.717, 1.165) is 10.5 Å². The fraction of sp³-hybridized carbons (Fsp3) is 0.111. The normalized spacial score (nSPS) is 9.77. The summed E-state index contributed by atoms with van der Waals surface area (Å²) in [6.07, 6.45) is 0. The lowest BCUT2D eigenvalue weighted by Crippen LogP contribution is -2.01. The smallest absolute Gasteiger partial charge is 0.128 e. The predicted molar refractivity (Wildman–Crippen MR) is 52.9 cm³/mol. The van der Waals surface area contributed by atoms with Crippen molar-refractivity contribution in [1.82, 2.24) is 0 Å². The van der Waals surface area contributed by atoms with Gasteiger partial charge in [0.2, 0.25) is 0 Å². The molecule has 0 aliphatic heterocycles. The third-order valence-electron chi connectivity index (χ3n) is 1.35. The summed E-state index contributed by atoms with van der Waals surface area (Å²) in [5.41, 5.74) is 0.401. The molecule has 0 aromatic heterocycles. The minimum absolute atomic E-state index is 0.401. The lowest BCUT2D eigenvalue weighted by atomic mass is 10.3. The third-order valence-corrected chi connectivity index (χ3v) is 1.63. The summed E-state index contributed by atoms with van der Waals surface area (Å²) in [5, 5.41) is 2.80. The van der Waals surface area contributed by atoms with Crippen molar-refractivity contribution in [3.05, 3.63) is 40.9 Å². The Hall–Kier alpha value is -0.900. The zero-order valence-corrected chi connectivity index (χ0v) is 8.37. The van der Waals surface area contributed by atoms with E-state index in [1.807, 2.05) is 0 Å². The first kappa shape index (κ1) is 10.2. The van der Waals surface area contributed by atoms with E-state index in [1.54, 1.807) is 0 Å². The molecular weight excluding hydrogens is 240 g/mol. The van der Waals surface area contributed by atoms with Crippen molar-refractivity contribution >= 4 is 21.6 Å². The third kappa shape index (κ3) is 3.55. The van der Waals surface area contributed by atoms with Crippen LogP contribution >= 0.6 is 15.9 Å². The molecule has 1 aromatic rings. The molecule has 13 heavy (non-hydrogen) atoms. The predicted octanol–water partition coefficient (Wildman–Crippen LogP) is 3.29. The Morgan fingerprint density at radius 1 is 1.31 bits per heavy atom. The van der Waals surface area contributed by atoms with Gasteiger partial charge in [-0.15, -0.1) is 0 Å². The first-order valence-electron chi connectivity index (χ1n) is 3.61. The van der Waals surface area contributed by atoms with E-state index in [4.69, 9.17) is 0 Å². The van der Waals surface area contributed by atoms with Crippen molar-refractivity contribution in [1.29, 1.82) is 0 Å². The molecule has 0 aliphatic carbocycles. The van der Waals surface area contributed by atoms with Gasteiger partial charge in [-0.2, -0.15) is 0 Å². The largest absolute Gasteiger partial charge is 0.380 e. The van der Waals surface area contributed by atoms with Gasteiger partial charge in [-0.1, -0.05) is 22.5 Å². The first-order chi connectivity index (χ1) is 6.08. The maximum atomic E-state index is 12.6. The van der Waals surface area contributed by atoms with E-state index in [9.17, 15) is 8.78 Å². The molecule has 0 spiro atoms. The lowest BCUT2D eigenvalue weighted by molar-refractivity contribution is 0.584. The topological polar surface area (TPSA) is 12.0 Å². The standard InChI is InChI=1S/C9H8BrF2N/c1-6(10)5-13-9-3-7(11)2-8(12)4-9/h2-4,13H,1,5H2. The molecule has 0 aliphatic rings. The molecule has 4 heteroatoms. The van der Waals surface area contributed by atoms with Crippen LogP contribution in [0.15, 0.2) is 29.3 Å². The molecule has 0 bridgehead atoms. The maximum Gasteiger partial charge on any atom is 0.128 e. The van der Waals surface area contributed by atoms with Gasteiger partial charge < -0.3 is 5.32 Å². The Kier molecular flexibility index (Phi) is 3.42. The SMILES string of the molecule is C=C(Br)CNc1cc(F)cc(F)c1. The second kappa shape index (κ2) is 4.37. The van der Waals surface area contributed by atoms with Crippen LogP contribution < -0.4 is 5.32 Å². The number of halogens is 3. The quantitative estimate of drug-likeness (QED) is 0.865. The summed E-state index contributed by atoms with van der Waals surface area (Å²) >= 11 is 3.12. The van der Waals surface area contributed by atoms with Crippen LogP contribution in [-0.4, -0.2) is 6.54 Å². The van der Waals surface area contributed by atoms with Gasteiger partial charge in [0.1, 0.15) is 11.6 Å². The van der Waals surface area contributed by atoms with Crippen LogP contribution in [0.5, 0.6) is 0 Å². The highest BCUT2D eigenvalue weighted by atomic mass is 79.9. The number of anilines is 1. The number of benzene rings is 1. The summed E-state index contributed by atoms with van der Waals surface area (Å²) in [4.78, 5) is 0. The minimum atomic E-state index is -0.595. The molecule has 0 saturated heterocycles. The summed E-state index contributed by atoms with van der Waals surface area (Å²) in [6, 6.07) is 3.27. The van der Waals surface area contributed by atoms with Crippen LogP contribution in [0.25, 0.3) is 0 Å². The molecular formula is C9H8BrF2N. The molecule has 0 heterocycles. The van der Waals surface area contributed by atoms with Gasteiger partial charge in [-0.05, 0) is 12.1 Å². The number of hydrogen-bond donors (Lipinski definition) is 1. The monoisotopic (exact) mass is 247 g/mol. The molecule has 1 rings (SSSR count). The van der Waals surface area contributed by atoms with Crippen LogP contribution in [0.1, 0.15) is 0 Å². The summed E-state index contributed by atoms with van der Waals surface area (Å²) in [7, 11) is 0. The van der Waals surface area contributed by atoms with E-state index >= 15 is 0 Å². The summed E-state index contributed by atoms with van der Waals surface area (Å²) in [6.45, 7) is 4.02. The number of nitrogens with one attached hydrogen (secondary N) is 1. The van der Waals surface area contributed by atoms with Gasteiger partial charge >= 0.3 is 0 Å². The molecule has 70 valence electrons. The van der Waals surface area contributed by atoms with E-state index in [-0.39, 0.29) is 0 Å². The number of hydrogen-bond acceptors (Lipinski definition) is 1. The molecule has 0 unspecified atom stereocenters. The van der Waals surface area contributed by atoms with Gasteiger partial charge in [0, 0.05) is 22.8 Å². The molecule has 1 aromatic carbocycles. The van der Waals surface area contributed by atoms with Crippen LogP contribution in [-0.2, 0) is 0 Å². The van der Waals surface area contributed by atoms with E-state index in [0.29, 0.717) is 12.2 Å². The van der Waals surface area contributed by atoms with Crippen LogP contribution in [0, 0.1) is 11.6 Å². The Morgan fingerprint density at radius 2 is 1.85 bits per heavy atom. The summed E-state index contributed by atoms with van der Waals surface area (Å²) in [5.74, 6) is -1.19. The highest BCUT2D eigenvalue weighted by molar-refractivity contribution is 9.11. The Labute approximate surface area is 83.6 Å². The second-order valence-electron chi connectivity index (χ2n) is 2.53. The maximum absolute atomic E-state index is 12.6. The zero-order valence-electron chi connectivity index (χ0n) is 6.78. The van der Waals surface area contributed by atoms with Crippen LogP contribution in [0.2, 0.25) is 0 Å². The van der Waals surface area contributed by atoms with Crippen molar-refractivity contribution in [2.45, 2.75) is 0 Å². The van der Waals surface area contributed by atoms with E-state index < -0.39 is 11.6 Å². The molecule has 0 atom stereocenters. The fourth-order valence-corrected chi connectivity index (χ4v) is 0.994. The summed E-state index contributed by atoms with van der Waals surface area (Å²) < 4.78 is 26.0. The Morgan fingerprint density at radius 3 is 2.31 bits per heavy atom. The molecule has 1 nitrogen and oxygen atoms in total. The molecule has 1 N–H and O–H groups in total. The fourth-order valence-electron chi connectivity index (χ4n) is 0.854. The number of rotatable bonds is 3. The van der Waals surface area contributed by atoms with Crippen LogP contribution in [0.3, 0.4) is 0 Å². The minimum Gasteiger partial charge on any atom is -0.380 e. The molecule has 0 saturated carbocycles. The van der Waals surface area contributed by atoms with Gasteiger partial charge in [0.15, 0.2) is 0 Å². The van der Waals surface area contributed by atoms with Gasteiger partial charge in [-0.25, -0.2) is 8.78 Å². The molecule has 0 radical (unpaired) electrons. The van der Waals surface area contributed by atoms with E-state index in [1.165, 1.54) is 12.1 Å². The van der Waals surface area contributed by atoms with E-state index in [2.05, 4.69) is 27.8 Å². The van der Waals surface area contributed by atoms with Crippen LogP contribution in [0.4, 0.5) is 14.5 Å². The zero-order chi connectivity index (χ0) is 9.84. The average Bonchev–Trinajstić information content (AvgIpc) is 1.99.